The molecule has 7 heteroatoms. The molecule has 7 nitrogen and oxygen atoms in total. The van der Waals surface area contributed by atoms with E-state index < -0.39 is 6.23 Å². The van der Waals surface area contributed by atoms with Gasteiger partial charge < -0.3 is 9.84 Å². The molecule has 1 atom stereocenters. The molecule has 164 valence electrons. The van der Waals surface area contributed by atoms with Crippen LogP contribution < -0.4 is 4.74 Å². The fourth-order valence-corrected chi connectivity index (χ4v) is 4.37. The minimum atomic E-state index is -0.883. The molecular weight excluding hydrogens is 402 g/mol. The molecular formula is C25H27N5O2. The Morgan fingerprint density at radius 1 is 1.19 bits per heavy atom. The van der Waals surface area contributed by atoms with E-state index in [2.05, 4.69) is 17.1 Å². The van der Waals surface area contributed by atoms with Crippen LogP contribution in [0.1, 0.15) is 73.3 Å². The van der Waals surface area contributed by atoms with Crippen LogP contribution in [0, 0.1) is 11.3 Å². The lowest BCUT2D eigenvalue weighted by Gasteiger charge is -2.26. The maximum absolute atomic E-state index is 11.1. The highest BCUT2D eigenvalue weighted by Crippen LogP contribution is 2.37. The van der Waals surface area contributed by atoms with Crippen molar-refractivity contribution in [3.63, 3.8) is 0 Å². The van der Waals surface area contributed by atoms with Gasteiger partial charge in [-0.3, -0.25) is 9.88 Å². The number of nitriles is 1. The minimum absolute atomic E-state index is 0.0299. The van der Waals surface area contributed by atoms with Crippen molar-refractivity contribution < 1.29 is 9.84 Å². The Hall–Kier alpha value is -3.21. The van der Waals surface area contributed by atoms with E-state index in [0.717, 1.165) is 22.6 Å². The second-order valence-corrected chi connectivity index (χ2v) is 8.92. The van der Waals surface area contributed by atoms with Gasteiger partial charge in [0.25, 0.3) is 0 Å². The summed E-state index contributed by atoms with van der Waals surface area (Å²) in [7, 11) is 0. The van der Waals surface area contributed by atoms with Crippen molar-refractivity contribution in [3.05, 3.63) is 70.8 Å². The van der Waals surface area contributed by atoms with E-state index in [4.69, 9.17) is 9.84 Å². The lowest BCUT2D eigenvalue weighted by molar-refractivity contribution is -0.00508. The van der Waals surface area contributed by atoms with Crippen molar-refractivity contribution in [1.29, 1.82) is 5.26 Å². The van der Waals surface area contributed by atoms with Crippen LogP contribution in [0.25, 0.3) is 5.69 Å². The predicted octanol–water partition coefficient (Wildman–Crippen LogP) is 4.20. The van der Waals surface area contributed by atoms with Crippen LogP contribution in [0.5, 0.6) is 5.75 Å². The van der Waals surface area contributed by atoms with E-state index in [1.54, 1.807) is 18.2 Å². The molecule has 0 bridgehead atoms. The minimum Gasteiger partial charge on any atom is -0.491 e. The van der Waals surface area contributed by atoms with Gasteiger partial charge in [0.05, 0.1) is 29.1 Å². The van der Waals surface area contributed by atoms with Crippen LogP contribution in [-0.4, -0.2) is 30.9 Å². The zero-order chi connectivity index (χ0) is 22.2. The molecule has 0 spiro atoms. The summed E-state index contributed by atoms with van der Waals surface area (Å²) >= 11 is 0. The van der Waals surface area contributed by atoms with Crippen molar-refractivity contribution in [3.8, 4) is 17.5 Å². The second-order valence-electron chi connectivity index (χ2n) is 8.92. The first kappa shape index (κ1) is 20.7. The Kier molecular flexibility index (Phi) is 5.41. The van der Waals surface area contributed by atoms with Gasteiger partial charge in [0.15, 0.2) is 0 Å². The Bertz CT molecular complexity index is 1150. The first-order valence-corrected chi connectivity index (χ1v) is 11.2. The van der Waals surface area contributed by atoms with Crippen molar-refractivity contribution >= 4 is 0 Å². The molecule has 1 aliphatic heterocycles. The Morgan fingerprint density at radius 2 is 2.03 bits per heavy atom. The van der Waals surface area contributed by atoms with E-state index in [0.29, 0.717) is 35.9 Å². The Morgan fingerprint density at radius 3 is 2.72 bits per heavy atom. The van der Waals surface area contributed by atoms with E-state index in [9.17, 15) is 10.4 Å². The zero-order valence-corrected chi connectivity index (χ0v) is 18.4. The smallest absolute Gasteiger partial charge is 0.137 e. The molecule has 1 saturated carbocycles. The fraction of sp³-hybridized carbons (Fsp3) is 0.400. The van der Waals surface area contributed by atoms with Crippen molar-refractivity contribution in [2.75, 3.05) is 0 Å². The number of hydrogen-bond donors (Lipinski definition) is 1. The zero-order valence-electron chi connectivity index (χ0n) is 18.4. The molecule has 5 rings (SSSR count). The monoisotopic (exact) mass is 429 g/mol. The first-order chi connectivity index (χ1) is 15.5. The summed E-state index contributed by atoms with van der Waals surface area (Å²) in [6.45, 7) is 4.99. The van der Waals surface area contributed by atoms with Crippen molar-refractivity contribution in [2.45, 2.75) is 64.4 Å². The third-order valence-corrected chi connectivity index (χ3v) is 6.28. The molecule has 32 heavy (non-hydrogen) atoms. The van der Waals surface area contributed by atoms with Gasteiger partial charge in [-0.2, -0.15) is 10.4 Å². The van der Waals surface area contributed by atoms with Gasteiger partial charge in [-0.05, 0) is 57.0 Å². The maximum atomic E-state index is 11.1. The van der Waals surface area contributed by atoms with E-state index in [1.807, 2.05) is 41.9 Å². The third-order valence-electron chi connectivity index (χ3n) is 6.28. The average Bonchev–Trinajstić information content (AvgIpc) is 3.32. The van der Waals surface area contributed by atoms with Crippen LogP contribution in [-0.2, 0) is 13.1 Å². The Balaban J connectivity index is 1.35. The average molecular weight is 430 g/mol. The number of aliphatic hydroxyl groups is 1. The summed E-state index contributed by atoms with van der Waals surface area (Å²) in [5.74, 6) is 1.18. The highest BCUT2D eigenvalue weighted by atomic mass is 16.5. The summed E-state index contributed by atoms with van der Waals surface area (Å²) in [6, 6.07) is 11.5. The SMILES string of the molecule is CC(C)Oc1ccc(C#N)cc1C(O)N1Cc2cn(-c3ccnc(C4CCC4)c3)nc2C1. The first-order valence-electron chi connectivity index (χ1n) is 11.2. The van der Waals surface area contributed by atoms with Gasteiger partial charge in [0.1, 0.15) is 12.0 Å². The summed E-state index contributed by atoms with van der Waals surface area (Å²) in [5.41, 5.74) is 5.32. The number of benzene rings is 1. The standard InChI is InChI=1S/C25H27N5O2/c1-16(2)32-24-7-6-17(12-26)10-21(24)25(31)29-13-19-14-30(28-23(19)15-29)20-8-9-27-22(11-20)18-4-3-5-18/h6-11,14,16,18,25,31H,3-5,13,15H2,1-2H3. The lowest BCUT2D eigenvalue weighted by Crippen LogP contribution is -2.24. The van der Waals surface area contributed by atoms with E-state index in [1.165, 1.54) is 19.3 Å². The molecule has 3 aromatic rings. The predicted molar refractivity (Wildman–Crippen MR) is 119 cm³/mol. The van der Waals surface area contributed by atoms with Crippen LogP contribution in [0.15, 0.2) is 42.7 Å². The third kappa shape index (κ3) is 3.88. The fourth-order valence-electron chi connectivity index (χ4n) is 4.37. The molecule has 1 unspecified atom stereocenters. The second kappa shape index (κ2) is 8.38. The Labute approximate surface area is 187 Å². The van der Waals surface area contributed by atoms with Gasteiger partial charge in [-0.15, -0.1) is 0 Å². The number of rotatable bonds is 6. The number of aliphatic hydroxyl groups excluding tert-OH is 1. The van der Waals surface area contributed by atoms with Gasteiger partial charge in [-0.25, -0.2) is 4.68 Å². The van der Waals surface area contributed by atoms with E-state index >= 15 is 0 Å². The summed E-state index contributed by atoms with van der Waals surface area (Å²) in [5, 5.41) is 25.2. The highest BCUT2D eigenvalue weighted by molar-refractivity contribution is 5.44. The van der Waals surface area contributed by atoms with Crippen molar-refractivity contribution in [2.24, 2.45) is 0 Å². The largest absolute Gasteiger partial charge is 0.491 e. The summed E-state index contributed by atoms with van der Waals surface area (Å²) in [4.78, 5) is 6.49. The van der Waals surface area contributed by atoms with E-state index in [-0.39, 0.29) is 6.10 Å². The van der Waals surface area contributed by atoms with Gasteiger partial charge >= 0.3 is 0 Å². The number of pyridine rings is 1. The number of nitrogens with zero attached hydrogens (tertiary/aromatic N) is 5. The van der Waals surface area contributed by atoms with Gasteiger partial charge in [-0.1, -0.05) is 6.42 Å². The van der Waals surface area contributed by atoms with Crippen LogP contribution in [0.3, 0.4) is 0 Å². The topological polar surface area (TPSA) is 87.2 Å². The number of hydrogen-bond acceptors (Lipinski definition) is 6. The highest BCUT2D eigenvalue weighted by Gasteiger charge is 2.30. The van der Waals surface area contributed by atoms with Gasteiger partial charge in [0.2, 0.25) is 0 Å². The molecule has 2 aliphatic rings. The molecule has 0 saturated heterocycles. The molecule has 2 aromatic heterocycles. The number of aromatic nitrogens is 3. The molecule has 0 amide bonds. The number of fused-ring (bicyclic) bond motifs is 1. The number of ether oxygens (including phenoxy) is 1. The normalized spacial score (nSPS) is 17.1. The molecule has 3 heterocycles. The van der Waals surface area contributed by atoms with Crippen molar-refractivity contribution in [1.82, 2.24) is 19.7 Å². The molecule has 1 fully saturated rings. The molecule has 1 N–H and O–H groups in total. The molecule has 0 radical (unpaired) electrons. The lowest BCUT2D eigenvalue weighted by atomic mass is 9.82. The molecule has 1 aromatic carbocycles. The summed E-state index contributed by atoms with van der Waals surface area (Å²) < 4.78 is 7.80. The molecule has 1 aliphatic carbocycles. The van der Waals surface area contributed by atoms with Crippen LogP contribution >= 0.6 is 0 Å². The van der Waals surface area contributed by atoms with Crippen LogP contribution in [0.4, 0.5) is 0 Å². The quantitative estimate of drug-likeness (QED) is 0.632. The maximum Gasteiger partial charge on any atom is 0.137 e. The van der Waals surface area contributed by atoms with Crippen LogP contribution in [0.2, 0.25) is 0 Å². The van der Waals surface area contributed by atoms with Gasteiger partial charge in [0, 0.05) is 48.2 Å². The summed E-state index contributed by atoms with van der Waals surface area (Å²) in [6.07, 6.45) is 6.71.